The van der Waals surface area contributed by atoms with E-state index < -0.39 is 0 Å². The molecule has 0 N–H and O–H groups in total. The molecule has 5 heteroatoms. The maximum absolute atomic E-state index is 11.9. The largest absolute Gasteiger partial charge is 0.461 e. The molecule has 0 aliphatic heterocycles. The number of nitriles is 1. The van der Waals surface area contributed by atoms with Crippen LogP contribution < -0.4 is 0 Å². The van der Waals surface area contributed by atoms with Crippen molar-refractivity contribution in [2.45, 2.75) is 45.6 Å². The fourth-order valence-corrected chi connectivity index (χ4v) is 1.81. The summed E-state index contributed by atoms with van der Waals surface area (Å²) in [5.41, 5.74) is 0.226. The third-order valence-corrected chi connectivity index (χ3v) is 3.43. The van der Waals surface area contributed by atoms with Crippen LogP contribution in [0.25, 0.3) is 0 Å². The number of carbonyl (C=O) groups is 1. The van der Waals surface area contributed by atoms with Gasteiger partial charge in [0.15, 0.2) is 0 Å². The molecule has 102 valence electrons. The van der Waals surface area contributed by atoms with Gasteiger partial charge >= 0.3 is 5.97 Å². The first-order valence-corrected chi connectivity index (χ1v) is 6.46. The number of ether oxygens (including phenoxy) is 1. The molecule has 0 atom stereocenters. The van der Waals surface area contributed by atoms with Gasteiger partial charge in [-0.1, -0.05) is 0 Å². The highest BCUT2D eigenvalue weighted by molar-refractivity contribution is 5.88. The Morgan fingerprint density at radius 3 is 2.74 bits per heavy atom. The molecule has 1 aromatic rings. The van der Waals surface area contributed by atoms with Crippen LogP contribution in [0.2, 0.25) is 0 Å². The van der Waals surface area contributed by atoms with Gasteiger partial charge in [-0.25, -0.2) is 4.79 Å². The van der Waals surface area contributed by atoms with Gasteiger partial charge in [0.2, 0.25) is 0 Å². The van der Waals surface area contributed by atoms with Gasteiger partial charge in [0.25, 0.3) is 0 Å². The number of esters is 1. The molecule has 0 unspecified atom stereocenters. The smallest absolute Gasteiger partial charge is 0.341 e. The van der Waals surface area contributed by atoms with Gasteiger partial charge in [0.1, 0.15) is 0 Å². The van der Waals surface area contributed by atoms with Gasteiger partial charge in [0, 0.05) is 18.0 Å². The Morgan fingerprint density at radius 1 is 1.58 bits per heavy atom. The van der Waals surface area contributed by atoms with Crippen molar-refractivity contribution >= 4 is 5.97 Å². The van der Waals surface area contributed by atoms with Crippen LogP contribution in [-0.2, 0) is 10.3 Å². The van der Waals surface area contributed by atoms with Crippen LogP contribution in [0, 0.1) is 16.7 Å². The van der Waals surface area contributed by atoms with E-state index in [-0.39, 0.29) is 16.9 Å². The lowest BCUT2D eigenvalue weighted by Gasteiger charge is -2.18. The fourth-order valence-electron chi connectivity index (χ4n) is 1.81. The van der Waals surface area contributed by atoms with Crippen LogP contribution >= 0.6 is 0 Å². The fraction of sp³-hybridized carbons (Fsp3) is 0.643. The minimum atomic E-state index is -0.361. The predicted molar refractivity (Wildman–Crippen MR) is 69.4 cm³/mol. The van der Waals surface area contributed by atoms with Crippen LogP contribution in [-0.4, -0.2) is 22.4 Å². The molecule has 1 aromatic heterocycles. The van der Waals surface area contributed by atoms with Crippen molar-refractivity contribution in [3.05, 3.63) is 18.0 Å². The van der Waals surface area contributed by atoms with E-state index in [1.165, 1.54) is 6.20 Å². The van der Waals surface area contributed by atoms with Crippen molar-refractivity contribution in [2.75, 3.05) is 6.61 Å². The molecule has 0 aromatic carbocycles. The molecule has 0 bridgehead atoms. The van der Waals surface area contributed by atoms with Gasteiger partial charge < -0.3 is 4.74 Å². The topological polar surface area (TPSA) is 67.9 Å². The average molecular weight is 261 g/mol. The van der Waals surface area contributed by atoms with E-state index in [0.29, 0.717) is 18.6 Å². The normalized spacial score (nSPS) is 16.7. The number of carbonyl (C=O) groups excluding carboxylic acids is 1. The number of rotatable bonds is 4. The van der Waals surface area contributed by atoms with Crippen molar-refractivity contribution in [2.24, 2.45) is 5.41 Å². The van der Waals surface area contributed by atoms with Crippen molar-refractivity contribution in [1.82, 2.24) is 9.78 Å². The number of hydrogen-bond acceptors (Lipinski definition) is 4. The Morgan fingerprint density at radius 2 is 2.26 bits per heavy atom. The van der Waals surface area contributed by atoms with E-state index in [0.717, 1.165) is 12.8 Å². The Balaban J connectivity index is 1.94. The zero-order valence-electron chi connectivity index (χ0n) is 11.6. The maximum Gasteiger partial charge on any atom is 0.341 e. The Kier molecular flexibility index (Phi) is 3.36. The number of nitrogens with zero attached hydrogens (tertiary/aromatic N) is 3. The highest BCUT2D eigenvalue weighted by atomic mass is 16.5. The van der Waals surface area contributed by atoms with Crippen LogP contribution in [0.5, 0.6) is 0 Å². The monoisotopic (exact) mass is 261 g/mol. The molecule has 1 aliphatic rings. The molecule has 1 fully saturated rings. The molecule has 2 rings (SSSR count). The molecule has 0 amide bonds. The summed E-state index contributed by atoms with van der Waals surface area (Å²) in [6.07, 6.45) is 5.62. The molecule has 0 saturated heterocycles. The molecule has 19 heavy (non-hydrogen) atoms. The number of aromatic nitrogens is 2. The molecular weight excluding hydrogens is 242 g/mol. The molecular formula is C14H19N3O2. The summed E-state index contributed by atoms with van der Waals surface area (Å²) in [7, 11) is 0. The molecule has 0 spiro atoms. The van der Waals surface area contributed by atoms with Crippen LogP contribution in [0.3, 0.4) is 0 Å². The summed E-state index contributed by atoms with van der Waals surface area (Å²) in [5.74, 6) is -0.361. The second-order valence-electron chi connectivity index (χ2n) is 6.26. The summed E-state index contributed by atoms with van der Waals surface area (Å²) < 4.78 is 7.03. The quantitative estimate of drug-likeness (QED) is 0.781. The van der Waals surface area contributed by atoms with Gasteiger partial charge in [-0.05, 0) is 33.6 Å². The average Bonchev–Trinajstić information content (AvgIpc) is 2.91. The van der Waals surface area contributed by atoms with Crippen molar-refractivity contribution < 1.29 is 9.53 Å². The Hall–Kier alpha value is -1.83. The van der Waals surface area contributed by atoms with Gasteiger partial charge in [0.05, 0.1) is 30.0 Å². The summed E-state index contributed by atoms with van der Waals surface area (Å²) in [6, 6.07) is 2.15. The van der Waals surface area contributed by atoms with Crippen LogP contribution in [0.15, 0.2) is 12.4 Å². The standard InChI is InChI=1S/C14H19N3O2/c1-13(2,3)17-9-11(8-16-17)12(18)19-10-14(4-5-14)6-7-15/h8-9H,4-6,10H2,1-3H3. The predicted octanol–water partition coefficient (Wildman–Crippen LogP) is 2.49. The maximum atomic E-state index is 11.9. The highest BCUT2D eigenvalue weighted by Crippen LogP contribution is 2.48. The van der Waals surface area contributed by atoms with Crippen molar-refractivity contribution in [3.8, 4) is 6.07 Å². The van der Waals surface area contributed by atoms with Crippen LogP contribution in [0.1, 0.15) is 50.4 Å². The second-order valence-corrected chi connectivity index (χ2v) is 6.26. The van der Waals surface area contributed by atoms with Crippen LogP contribution in [0.4, 0.5) is 0 Å². The highest BCUT2D eigenvalue weighted by Gasteiger charge is 2.43. The van der Waals surface area contributed by atoms with E-state index in [2.05, 4.69) is 11.2 Å². The van der Waals surface area contributed by atoms with E-state index >= 15 is 0 Å². The van der Waals surface area contributed by atoms with E-state index in [1.807, 2.05) is 20.8 Å². The first-order valence-electron chi connectivity index (χ1n) is 6.46. The minimum Gasteiger partial charge on any atom is -0.461 e. The van der Waals surface area contributed by atoms with Crippen molar-refractivity contribution in [1.29, 1.82) is 5.26 Å². The van der Waals surface area contributed by atoms with Gasteiger partial charge in [-0.15, -0.1) is 0 Å². The third kappa shape index (κ3) is 3.14. The zero-order chi connectivity index (χ0) is 14.1. The minimum absolute atomic E-state index is 0.0789. The molecule has 1 aliphatic carbocycles. The zero-order valence-corrected chi connectivity index (χ0v) is 11.6. The van der Waals surface area contributed by atoms with E-state index in [9.17, 15) is 4.79 Å². The third-order valence-electron chi connectivity index (χ3n) is 3.43. The summed E-state index contributed by atoms with van der Waals surface area (Å²) in [6.45, 7) is 6.38. The molecule has 1 saturated carbocycles. The number of hydrogen-bond donors (Lipinski definition) is 0. The lowest BCUT2D eigenvalue weighted by molar-refractivity contribution is 0.0419. The summed E-state index contributed by atoms with van der Waals surface area (Å²) >= 11 is 0. The Bertz CT molecular complexity index is 516. The molecule has 1 heterocycles. The SMILES string of the molecule is CC(C)(C)n1cc(C(=O)OCC2(CC#N)CC2)cn1. The Labute approximate surface area is 113 Å². The first kappa shape index (κ1) is 13.6. The lowest BCUT2D eigenvalue weighted by atomic mass is 10.1. The summed E-state index contributed by atoms with van der Waals surface area (Å²) in [5, 5.41) is 12.9. The second kappa shape index (κ2) is 4.69. The van der Waals surface area contributed by atoms with Gasteiger partial charge in [-0.2, -0.15) is 10.4 Å². The molecule has 0 radical (unpaired) electrons. The van der Waals surface area contributed by atoms with E-state index in [1.54, 1.807) is 10.9 Å². The van der Waals surface area contributed by atoms with Crippen molar-refractivity contribution in [3.63, 3.8) is 0 Å². The lowest BCUT2D eigenvalue weighted by Crippen LogP contribution is -2.22. The molecule has 5 nitrogen and oxygen atoms in total. The van der Waals surface area contributed by atoms with Gasteiger partial charge in [-0.3, -0.25) is 4.68 Å². The summed E-state index contributed by atoms with van der Waals surface area (Å²) in [4.78, 5) is 11.9. The van der Waals surface area contributed by atoms with E-state index in [4.69, 9.17) is 10.00 Å². The first-order chi connectivity index (χ1) is 8.86.